The maximum absolute atomic E-state index is 10.8. The first-order chi connectivity index (χ1) is 8.74. The second kappa shape index (κ2) is 9.37. The highest BCUT2D eigenvalue weighted by Gasteiger charge is 2.25. The molecule has 0 aromatic carbocycles. The van der Waals surface area contributed by atoms with E-state index in [0.29, 0.717) is 5.92 Å². The van der Waals surface area contributed by atoms with Crippen molar-refractivity contribution in [3.8, 4) is 0 Å². The van der Waals surface area contributed by atoms with Crippen LogP contribution < -0.4 is 5.32 Å². The van der Waals surface area contributed by atoms with Gasteiger partial charge in [-0.3, -0.25) is 4.79 Å². The Bertz CT molecular complexity index is 223. The largest absolute Gasteiger partial charge is 0.481 e. The van der Waals surface area contributed by atoms with E-state index in [4.69, 9.17) is 5.11 Å². The third-order valence-electron chi connectivity index (χ3n) is 4.09. The first-order valence-corrected chi connectivity index (χ1v) is 7.67. The van der Waals surface area contributed by atoms with E-state index in [2.05, 4.69) is 12.2 Å². The number of carbonyl (C=O) groups is 1. The molecule has 1 fully saturated rings. The molecule has 0 saturated heterocycles. The summed E-state index contributed by atoms with van der Waals surface area (Å²) in [5.41, 5.74) is 0. The Hall–Kier alpha value is -0.570. The van der Waals surface area contributed by atoms with Gasteiger partial charge in [0, 0.05) is 0 Å². The van der Waals surface area contributed by atoms with Crippen LogP contribution in [0.4, 0.5) is 0 Å². The summed E-state index contributed by atoms with van der Waals surface area (Å²) in [6.45, 7) is 4.45. The van der Waals surface area contributed by atoms with E-state index in [1.54, 1.807) is 0 Å². The minimum Gasteiger partial charge on any atom is -0.481 e. The Morgan fingerprint density at radius 3 is 2.39 bits per heavy atom. The highest BCUT2D eigenvalue weighted by Crippen LogP contribution is 2.28. The molecule has 0 heterocycles. The van der Waals surface area contributed by atoms with E-state index < -0.39 is 5.97 Å². The van der Waals surface area contributed by atoms with Gasteiger partial charge in [0.2, 0.25) is 0 Å². The molecular weight excluding hydrogens is 226 g/mol. The standard InChI is InChI=1S/C15H29NO2/c1-2-3-4-5-6-11-16-12-13-7-9-14(10-8-13)15(17)18/h13-14,16H,2-12H2,1H3,(H,17,18). The van der Waals surface area contributed by atoms with Gasteiger partial charge in [0.05, 0.1) is 5.92 Å². The van der Waals surface area contributed by atoms with Crippen molar-refractivity contribution in [1.29, 1.82) is 0 Å². The predicted molar refractivity (Wildman–Crippen MR) is 74.7 cm³/mol. The van der Waals surface area contributed by atoms with Crippen LogP contribution in [0.3, 0.4) is 0 Å². The maximum atomic E-state index is 10.8. The lowest BCUT2D eigenvalue weighted by molar-refractivity contribution is -0.143. The predicted octanol–water partition coefficient (Wildman–Crippen LogP) is 3.44. The van der Waals surface area contributed by atoms with Crippen molar-refractivity contribution >= 4 is 5.97 Å². The highest BCUT2D eigenvalue weighted by molar-refractivity contribution is 5.69. The minimum absolute atomic E-state index is 0.0738. The van der Waals surface area contributed by atoms with Crippen LogP contribution in [0.5, 0.6) is 0 Å². The summed E-state index contributed by atoms with van der Waals surface area (Å²) in [5.74, 6) is 0.0314. The Morgan fingerprint density at radius 2 is 1.78 bits per heavy atom. The summed E-state index contributed by atoms with van der Waals surface area (Å²) in [6, 6.07) is 0. The van der Waals surface area contributed by atoms with Crippen LogP contribution in [0.1, 0.15) is 64.7 Å². The van der Waals surface area contributed by atoms with Gasteiger partial charge in [0.25, 0.3) is 0 Å². The number of rotatable bonds is 9. The van der Waals surface area contributed by atoms with Gasteiger partial charge in [-0.05, 0) is 51.1 Å². The SMILES string of the molecule is CCCCCCCNCC1CCC(C(=O)O)CC1. The van der Waals surface area contributed by atoms with Crippen molar-refractivity contribution in [3.63, 3.8) is 0 Å². The number of carboxylic acid groups (broad SMARTS) is 1. The molecule has 1 rings (SSSR count). The molecular formula is C15H29NO2. The molecule has 0 radical (unpaired) electrons. The average Bonchev–Trinajstić information content (AvgIpc) is 2.38. The number of nitrogens with one attached hydrogen (secondary N) is 1. The molecule has 1 aliphatic carbocycles. The summed E-state index contributed by atoms with van der Waals surface area (Å²) in [4.78, 5) is 10.8. The van der Waals surface area contributed by atoms with E-state index in [1.807, 2.05) is 0 Å². The molecule has 18 heavy (non-hydrogen) atoms. The molecule has 0 aromatic rings. The molecule has 3 nitrogen and oxygen atoms in total. The summed E-state index contributed by atoms with van der Waals surface area (Å²) >= 11 is 0. The average molecular weight is 255 g/mol. The second-order valence-electron chi connectivity index (χ2n) is 5.67. The summed E-state index contributed by atoms with van der Waals surface area (Å²) in [6.07, 6.45) is 10.6. The molecule has 0 aromatic heterocycles. The van der Waals surface area contributed by atoms with E-state index >= 15 is 0 Å². The molecule has 0 aliphatic heterocycles. The lowest BCUT2D eigenvalue weighted by Crippen LogP contribution is -2.29. The Kier molecular flexibility index (Phi) is 8.06. The normalized spacial score (nSPS) is 24.1. The van der Waals surface area contributed by atoms with Crippen LogP contribution in [0, 0.1) is 11.8 Å². The molecule has 3 heteroatoms. The Balaban J connectivity index is 1.93. The first kappa shape index (κ1) is 15.5. The zero-order valence-corrected chi connectivity index (χ0v) is 11.8. The molecule has 2 N–H and O–H groups in total. The Morgan fingerprint density at radius 1 is 1.11 bits per heavy atom. The van der Waals surface area contributed by atoms with Crippen LogP contribution in [-0.4, -0.2) is 24.2 Å². The molecule has 106 valence electrons. The van der Waals surface area contributed by atoms with Crippen molar-refractivity contribution < 1.29 is 9.90 Å². The van der Waals surface area contributed by atoms with Crippen LogP contribution >= 0.6 is 0 Å². The zero-order valence-electron chi connectivity index (χ0n) is 11.8. The van der Waals surface area contributed by atoms with Crippen LogP contribution in [0.25, 0.3) is 0 Å². The topological polar surface area (TPSA) is 49.3 Å². The van der Waals surface area contributed by atoms with Crippen LogP contribution in [-0.2, 0) is 4.79 Å². The summed E-state index contributed by atoms with van der Waals surface area (Å²) in [7, 11) is 0. The van der Waals surface area contributed by atoms with E-state index in [1.165, 1.54) is 32.1 Å². The maximum Gasteiger partial charge on any atom is 0.306 e. The lowest BCUT2D eigenvalue weighted by Gasteiger charge is -2.26. The molecule has 0 spiro atoms. The van der Waals surface area contributed by atoms with Crippen LogP contribution in [0.2, 0.25) is 0 Å². The molecule has 0 amide bonds. The van der Waals surface area contributed by atoms with Crippen molar-refractivity contribution in [2.24, 2.45) is 11.8 Å². The fraction of sp³-hybridized carbons (Fsp3) is 0.933. The fourth-order valence-corrected chi connectivity index (χ4v) is 2.77. The van der Waals surface area contributed by atoms with E-state index in [0.717, 1.165) is 38.8 Å². The fourth-order valence-electron chi connectivity index (χ4n) is 2.77. The van der Waals surface area contributed by atoms with Gasteiger partial charge in [0.15, 0.2) is 0 Å². The van der Waals surface area contributed by atoms with Crippen molar-refractivity contribution in [2.45, 2.75) is 64.7 Å². The number of hydrogen-bond acceptors (Lipinski definition) is 2. The second-order valence-corrected chi connectivity index (χ2v) is 5.67. The number of unbranched alkanes of at least 4 members (excludes halogenated alkanes) is 4. The lowest BCUT2D eigenvalue weighted by atomic mass is 9.82. The zero-order chi connectivity index (χ0) is 13.2. The molecule has 0 bridgehead atoms. The van der Waals surface area contributed by atoms with E-state index in [-0.39, 0.29) is 5.92 Å². The quantitative estimate of drug-likeness (QED) is 0.620. The molecule has 0 unspecified atom stereocenters. The van der Waals surface area contributed by atoms with Gasteiger partial charge in [0.1, 0.15) is 0 Å². The third-order valence-corrected chi connectivity index (χ3v) is 4.09. The smallest absolute Gasteiger partial charge is 0.306 e. The monoisotopic (exact) mass is 255 g/mol. The molecule has 1 saturated carbocycles. The summed E-state index contributed by atoms with van der Waals surface area (Å²) < 4.78 is 0. The van der Waals surface area contributed by atoms with Gasteiger partial charge in [-0.1, -0.05) is 32.6 Å². The number of hydrogen-bond donors (Lipinski definition) is 2. The minimum atomic E-state index is -0.600. The van der Waals surface area contributed by atoms with Gasteiger partial charge >= 0.3 is 5.97 Å². The highest BCUT2D eigenvalue weighted by atomic mass is 16.4. The van der Waals surface area contributed by atoms with Crippen molar-refractivity contribution in [2.75, 3.05) is 13.1 Å². The van der Waals surface area contributed by atoms with Crippen LogP contribution in [0.15, 0.2) is 0 Å². The van der Waals surface area contributed by atoms with Gasteiger partial charge in [-0.15, -0.1) is 0 Å². The molecule has 1 aliphatic rings. The third kappa shape index (κ3) is 6.39. The number of carboxylic acids is 1. The van der Waals surface area contributed by atoms with Gasteiger partial charge in [-0.25, -0.2) is 0 Å². The molecule has 0 atom stereocenters. The van der Waals surface area contributed by atoms with Gasteiger partial charge in [-0.2, -0.15) is 0 Å². The number of aliphatic carboxylic acids is 1. The van der Waals surface area contributed by atoms with Gasteiger partial charge < -0.3 is 10.4 Å². The first-order valence-electron chi connectivity index (χ1n) is 7.67. The van der Waals surface area contributed by atoms with Crippen molar-refractivity contribution in [1.82, 2.24) is 5.32 Å². The van der Waals surface area contributed by atoms with Crippen molar-refractivity contribution in [3.05, 3.63) is 0 Å². The Labute approximate surface area is 111 Å². The van der Waals surface area contributed by atoms with E-state index in [9.17, 15) is 4.79 Å². The summed E-state index contributed by atoms with van der Waals surface area (Å²) in [5, 5.41) is 12.5.